The molecule has 0 amide bonds. The number of hydrogen-bond acceptors (Lipinski definition) is 14. The predicted molar refractivity (Wildman–Crippen MR) is 611 cm³/mol. The van der Waals surface area contributed by atoms with E-state index in [1.165, 1.54) is 49.5 Å². The molecule has 16 aromatic carbocycles. The summed E-state index contributed by atoms with van der Waals surface area (Å²) in [6, 6.07) is 168. The highest BCUT2D eigenvalue weighted by atomic mass is 15.0. The number of hydrogen-bond donors (Lipinski definition) is 0. The molecule has 27 aromatic rings. The zero-order chi connectivity index (χ0) is 99.8. The van der Waals surface area contributed by atoms with E-state index >= 15 is 0 Å². The summed E-state index contributed by atoms with van der Waals surface area (Å²) in [6.45, 7) is 0. The van der Waals surface area contributed by atoms with Crippen molar-refractivity contribution >= 4 is 65.0 Å². The van der Waals surface area contributed by atoms with Gasteiger partial charge in [0.1, 0.15) is 0 Å². The maximum Gasteiger partial charge on any atom is 0.164 e. The van der Waals surface area contributed by atoms with Gasteiger partial charge in [-0.25, -0.2) is 44.9 Å². The third-order valence-electron chi connectivity index (χ3n) is 27.3. The van der Waals surface area contributed by atoms with Gasteiger partial charge >= 0.3 is 0 Å². The number of aromatic nitrogens is 14. The van der Waals surface area contributed by atoms with Crippen molar-refractivity contribution in [1.29, 1.82) is 0 Å². The number of benzene rings is 16. The molecule has 0 spiro atoms. The summed E-state index contributed by atoms with van der Waals surface area (Å²) in [5, 5.41) is 10.2. The molecule has 0 fully saturated rings. The molecule has 0 saturated heterocycles. The smallest absolute Gasteiger partial charge is 0.164 e. The van der Waals surface area contributed by atoms with Gasteiger partial charge in [0, 0.05) is 148 Å². The van der Waals surface area contributed by atoms with Gasteiger partial charge in [-0.1, -0.05) is 370 Å². The van der Waals surface area contributed by atoms with Crippen molar-refractivity contribution in [2.75, 3.05) is 0 Å². The van der Waals surface area contributed by atoms with Crippen LogP contribution in [-0.4, -0.2) is 69.8 Å². The van der Waals surface area contributed by atoms with Gasteiger partial charge in [-0.3, -0.25) is 24.9 Å². The summed E-state index contributed by atoms with van der Waals surface area (Å²) in [4.78, 5) is 67.1. The van der Waals surface area contributed by atoms with Crippen LogP contribution >= 0.6 is 0 Å². The summed E-state index contributed by atoms with van der Waals surface area (Å²) in [5.74, 6) is 2.63. The molecule has 0 aliphatic carbocycles. The van der Waals surface area contributed by atoms with E-state index < -0.39 is 0 Å². The average Bonchev–Trinajstić information content (AvgIpc) is 0.777. The Labute approximate surface area is 866 Å². The van der Waals surface area contributed by atoms with Crippen molar-refractivity contribution in [3.63, 3.8) is 0 Å². The fourth-order valence-corrected chi connectivity index (χ4v) is 20.0. The van der Waals surface area contributed by atoms with E-state index in [-0.39, 0.29) is 0 Å². The Bertz CT molecular complexity index is 8530. The third kappa shape index (κ3) is 18.7. The van der Waals surface area contributed by atoms with Crippen LogP contribution in [0.15, 0.2) is 535 Å². The topological polar surface area (TPSA) is 180 Å². The fourth-order valence-electron chi connectivity index (χ4n) is 20.0. The first-order valence-electron chi connectivity index (χ1n) is 49.9. The Morgan fingerprint density at radius 2 is 0.380 bits per heavy atom. The van der Waals surface area contributed by atoms with Crippen LogP contribution in [-0.2, 0) is 0 Å². The largest absolute Gasteiger partial charge is 0.265 e. The summed E-state index contributed by atoms with van der Waals surface area (Å²) in [7, 11) is 0. The zero-order valence-electron chi connectivity index (χ0n) is 81.1. The van der Waals surface area contributed by atoms with Crippen molar-refractivity contribution in [1.82, 2.24) is 69.8 Å². The van der Waals surface area contributed by atoms with Gasteiger partial charge in [-0.15, -0.1) is 0 Å². The summed E-state index contributed by atoms with van der Waals surface area (Å²) in [5.41, 5.74) is 35.7. The molecule has 0 aliphatic rings. The molecule has 14 nitrogen and oxygen atoms in total. The highest BCUT2D eigenvalue weighted by Gasteiger charge is 2.24. The Balaban J connectivity index is 0.000000116. The van der Waals surface area contributed by atoms with Crippen LogP contribution in [0, 0.1) is 0 Å². The standard InChI is InChI=1S/C46H30N4.2C45H29N5/c1-4-11-32(12-5-1)38-17-10-18-39-44(38)40-29-37(23-24-41(40)48-45(39)35-25-27-47-28-26-35)31-19-21-34(22-20-31)43-30-42(33-13-6-2-7-14-33)49-46(50-43)36-15-8-3-9-16-36;1-4-11-31(12-5-1)37-17-10-18-38-41(37)39-29-36(23-24-40(39)47-42(38)32-25-27-46-28-26-32)30-19-21-35(22-20-30)45-49-43(33-13-6-2-7-14-33)48-44(50-45)34-15-8-3-9-16-34;1-2-9-32(10-3-1)36-11-8-12-37-44(36)38-27-34(19-20-39(38)50-45(37)33-21-25-46-26-22-33)30-15-17-31(18-16-30)35-28-42(40-13-4-6-23-47-40)49-43(29-35)41-14-5-7-24-48-41/h1-30H;2*1-29H. The lowest BCUT2D eigenvalue weighted by molar-refractivity contribution is 1.07. The van der Waals surface area contributed by atoms with Crippen LogP contribution in [0.1, 0.15) is 0 Å². The first kappa shape index (κ1) is 90.8. The van der Waals surface area contributed by atoms with Crippen LogP contribution in [0.25, 0.3) is 268 Å². The number of fused-ring (bicyclic) bond motifs is 9. The second-order valence-electron chi connectivity index (χ2n) is 36.6. The highest BCUT2D eigenvalue weighted by Crippen LogP contribution is 2.46. The molecular weight excluding hydrogens is 1830 g/mol. The quantitative estimate of drug-likeness (QED) is 0.0740. The van der Waals surface area contributed by atoms with Gasteiger partial charge in [0.15, 0.2) is 23.3 Å². The predicted octanol–water partition coefficient (Wildman–Crippen LogP) is 33.5. The minimum atomic E-state index is 0.633. The van der Waals surface area contributed by atoms with Crippen LogP contribution in [0.3, 0.4) is 0 Å². The van der Waals surface area contributed by atoms with E-state index in [1.54, 1.807) is 12.4 Å². The molecule has 0 aliphatic heterocycles. The van der Waals surface area contributed by atoms with Crippen molar-refractivity contribution < 1.29 is 0 Å². The molecule has 11 heterocycles. The molecule has 0 unspecified atom stereocenters. The second kappa shape index (κ2) is 41.1. The van der Waals surface area contributed by atoms with Crippen molar-refractivity contribution in [2.24, 2.45) is 0 Å². The van der Waals surface area contributed by atoms with E-state index in [0.717, 1.165) is 195 Å². The molecule has 0 atom stereocenters. The van der Waals surface area contributed by atoms with E-state index in [1.807, 2.05) is 207 Å². The minimum absolute atomic E-state index is 0.633. The molecule has 702 valence electrons. The van der Waals surface area contributed by atoms with Gasteiger partial charge < -0.3 is 0 Å². The van der Waals surface area contributed by atoms with Gasteiger partial charge in [-0.2, -0.15) is 0 Å². The first-order valence-corrected chi connectivity index (χ1v) is 49.9. The van der Waals surface area contributed by atoms with Gasteiger partial charge in [-0.05, 0) is 193 Å². The Morgan fingerprint density at radius 1 is 0.120 bits per heavy atom. The molecule has 27 rings (SSSR count). The summed E-state index contributed by atoms with van der Waals surface area (Å²) in [6.07, 6.45) is 14.5. The summed E-state index contributed by atoms with van der Waals surface area (Å²) < 4.78 is 0. The average molecular weight is 1920 g/mol. The molecule has 150 heavy (non-hydrogen) atoms. The zero-order valence-corrected chi connectivity index (χ0v) is 81.1. The number of rotatable bonds is 18. The molecule has 0 saturated carbocycles. The second-order valence-corrected chi connectivity index (χ2v) is 36.6. The van der Waals surface area contributed by atoms with Gasteiger partial charge in [0.25, 0.3) is 0 Å². The normalized spacial score (nSPS) is 11.2. The lowest BCUT2D eigenvalue weighted by atomic mass is 9.91. The number of nitrogens with zero attached hydrogens (tertiary/aromatic N) is 14. The van der Waals surface area contributed by atoms with Gasteiger partial charge in [0.05, 0.1) is 67.8 Å². The van der Waals surface area contributed by atoms with Crippen LogP contribution < -0.4 is 0 Å². The first-order chi connectivity index (χ1) is 74.3. The lowest BCUT2D eigenvalue weighted by Crippen LogP contribution is -2.00. The SMILES string of the molecule is c1ccc(-c2cc(-c3ccc(-c4ccc5nc(-c6ccncc6)c6cccc(-c7ccccc7)c6c5c4)cc3)nc(-c3ccccc3)n2)cc1.c1ccc(-c2cccc3c(-c4ccncc4)nc4ccc(-c5ccc(-c6cc(-c7ccccn7)nc(-c7ccccn7)c6)cc5)cc4c23)cc1.c1ccc(-c2nc(-c3ccccc3)nc(-c3ccc(-c4ccc5nc(-c6ccncc6)c6cccc(-c7ccccc7)c6c5c4)cc3)n2)cc1. The maximum atomic E-state index is 5.22. The molecule has 0 bridgehead atoms. The lowest BCUT2D eigenvalue weighted by Gasteiger charge is -2.15. The molecule has 14 heteroatoms. The molecular formula is C136H88N14. The molecule has 0 radical (unpaired) electrons. The highest BCUT2D eigenvalue weighted by molar-refractivity contribution is 6.21. The Hall–Kier alpha value is -20.5. The minimum Gasteiger partial charge on any atom is -0.265 e. The van der Waals surface area contributed by atoms with Crippen molar-refractivity contribution in [2.45, 2.75) is 0 Å². The maximum absolute atomic E-state index is 5.22. The van der Waals surface area contributed by atoms with E-state index in [9.17, 15) is 0 Å². The van der Waals surface area contributed by atoms with E-state index in [0.29, 0.717) is 23.3 Å². The van der Waals surface area contributed by atoms with Gasteiger partial charge in [0.2, 0.25) is 0 Å². The van der Waals surface area contributed by atoms with Crippen LogP contribution in [0.2, 0.25) is 0 Å². The van der Waals surface area contributed by atoms with Crippen molar-refractivity contribution in [3.05, 3.63) is 535 Å². The molecule has 0 N–H and O–H groups in total. The third-order valence-corrected chi connectivity index (χ3v) is 27.3. The molecule has 11 aromatic heterocycles. The summed E-state index contributed by atoms with van der Waals surface area (Å²) >= 11 is 0. The number of pyridine rings is 9. The van der Waals surface area contributed by atoms with E-state index in [4.69, 9.17) is 44.9 Å². The van der Waals surface area contributed by atoms with E-state index in [2.05, 4.69) is 340 Å². The van der Waals surface area contributed by atoms with Crippen LogP contribution in [0.4, 0.5) is 0 Å². The fraction of sp³-hybridized carbons (Fsp3) is 0. The van der Waals surface area contributed by atoms with Crippen molar-refractivity contribution in [3.8, 4) is 203 Å². The Kier molecular flexibility index (Phi) is 24.9. The monoisotopic (exact) mass is 1920 g/mol. The Morgan fingerprint density at radius 3 is 0.693 bits per heavy atom. The van der Waals surface area contributed by atoms with Crippen LogP contribution in [0.5, 0.6) is 0 Å².